The predicted molar refractivity (Wildman–Crippen MR) is 143 cm³/mol. The predicted octanol–water partition coefficient (Wildman–Crippen LogP) is 4.29. The summed E-state index contributed by atoms with van der Waals surface area (Å²) >= 11 is 0. The van der Waals surface area contributed by atoms with E-state index in [0.717, 1.165) is 57.5 Å². The highest BCUT2D eigenvalue weighted by atomic mass is 127. The minimum atomic E-state index is 0. The smallest absolute Gasteiger partial charge is 0.191 e. The van der Waals surface area contributed by atoms with E-state index in [4.69, 9.17) is 9.47 Å². The largest absolute Gasteiger partial charge is 0.497 e. The first-order valence-corrected chi connectivity index (χ1v) is 11.9. The molecule has 0 spiro atoms. The van der Waals surface area contributed by atoms with E-state index < -0.39 is 0 Å². The molecule has 0 atom stereocenters. The highest BCUT2D eigenvalue weighted by Crippen LogP contribution is 2.40. The average molecular weight is 559 g/mol. The lowest BCUT2D eigenvalue weighted by atomic mass is 9.83. The minimum Gasteiger partial charge on any atom is -0.497 e. The molecule has 2 fully saturated rings. The van der Waals surface area contributed by atoms with Crippen molar-refractivity contribution in [1.82, 2.24) is 15.5 Å². The molecule has 1 aliphatic carbocycles. The van der Waals surface area contributed by atoms with Crippen LogP contribution in [0, 0.1) is 11.3 Å². The van der Waals surface area contributed by atoms with Crippen LogP contribution in [0.25, 0.3) is 0 Å². The number of methoxy groups -OCH3 is 2. The van der Waals surface area contributed by atoms with Gasteiger partial charge in [0.25, 0.3) is 0 Å². The van der Waals surface area contributed by atoms with Gasteiger partial charge in [0.05, 0.1) is 7.11 Å². The normalized spacial score (nSPS) is 19.4. The summed E-state index contributed by atoms with van der Waals surface area (Å²) in [6.45, 7) is 6.19. The van der Waals surface area contributed by atoms with Crippen LogP contribution < -0.4 is 15.4 Å². The van der Waals surface area contributed by atoms with Gasteiger partial charge in [0.15, 0.2) is 5.96 Å². The van der Waals surface area contributed by atoms with Crippen LogP contribution in [-0.4, -0.2) is 64.9 Å². The summed E-state index contributed by atoms with van der Waals surface area (Å²) in [5.41, 5.74) is 1.73. The van der Waals surface area contributed by atoms with E-state index in [-0.39, 0.29) is 24.0 Å². The molecule has 0 amide bonds. The molecular weight excluding hydrogens is 515 g/mol. The summed E-state index contributed by atoms with van der Waals surface area (Å²) in [6, 6.07) is 8.45. The van der Waals surface area contributed by atoms with Crippen molar-refractivity contribution in [2.24, 2.45) is 16.3 Å². The number of hydrogen-bond acceptors (Lipinski definition) is 4. The van der Waals surface area contributed by atoms with E-state index in [1.165, 1.54) is 44.1 Å². The third-order valence-corrected chi connectivity index (χ3v) is 7.19. The van der Waals surface area contributed by atoms with Crippen molar-refractivity contribution >= 4 is 29.9 Å². The van der Waals surface area contributed by atoms with Gasteiger partial charge in [-0.3, -0.25) is 9.89 Å². The number of hydrogen-bond donors (Lipinski definition) is 2. The van der Waals surface area contributed by atoms with Crippen molar-refractivity contribution in [2.45, 2.75) is 51.5 Å². The maximum Gasteiger partial charge on any atom is 0.191 e. The molecule has 1 heterocycles. The van der Waals surface area contributed by atoms with E-state index in [2.05, 4.69) is 44.8 Å². The first kappa shape index (κ1) is 27.2. The Labute approximate surface area is 211 Å². The number of nitrogens with one attached hydrogen (secondary N) is 2. The van der Waals surface area contributed by atoms with Crippen LogP contribution in [0.15, 0.2) is 29.3 Å². The Hall–Kier alpha value is -1.06. The SMILES string of the molecule is CN=C(NCC1CCN(Cc2ccc(OC)cc2)CC1)NCC1(CCOC)CCCC1.I. The summed E-state index contributed by atoms with van der Waals surface area (Å²) in [5.74, 6) is 2.58. The second-order valence-corrected chi connectivity index (χ2v) is 9.32. The standard InChI is InChI=1S/C25H42N4O2.HI/c1-26-24(28-20-25(14-17-30-2)12-4-5-13-25)27-18-21-10-15-29(16-11-21)19-22-6-8-23(31-3)9-7-22;/h6-9,21H,4-5,10-20H2,1-3H3,(H2,26,27,28);1H. The average Bonchev–Trinajstić information content (AvgIpc) is 3.28. The minimum absolute atomic E-state index is 0. The Morgan fingerprint density at radius 1 is 1.09 bits per heavy atom. The molecule has 3 rings (SSSR count). The van der Waals surface area contributed by atoms with Gasteiger partial charge in [-0.2, -0.15) is 0 Å². The Morgan fingerprint density at radius 2 is 1.78 bits per heavy atom. The van der Waals surface area contributed by atoms with Gasteiger partial charge in [-0.05, 0) is 74.2 Å². The fraction of sp³-hybridized carbons (Fsp3) is 0.720. The number of halogens is 1. The zero-order valence-corrected chi connectivity index (χ0v) is 22.5. The third kappa shape index (κ3) is 8.37. The molecule has 2 aliphatic rings. The topological polar surface area (TPSA) is 58.1 Å². The van der Waals surface area contributed by atoms with Gasteiger partial charge in [0, 0.05) is 40.4 Å². The van der Waals surface area contributed by atoms with Gasteiger partial charge in [0.2, 0.25) is 0 Å². The van der Waals surface area contributed by atoms with Crippen LogP contribution in [0.2, 0.25) is 0 Å². The molecular formula is C25H43IN4O2. The molecule has 6 nitrogen and oxygen atoms in total. The summed E-state index contributed by atoms with van der Waals surface area (Å²) in [7, 11) is 5.40. The van der Waals surface area contributed by atoms with Gasteiger partial charge in [-0.25, -0.2) is 0 Å². The van der Waals surface area contributed by atoms with Crippen LogP contribution in [-0.2, 0) is 11.3 Å². The summed E-state index contributed by atoms with van der Waals surface area (Å²) < 4.78 is 10.6. The summed E-state index contributed by atoms with van der Waals surface area (Å²) in [6.07, 6.45) is 8.88. The number of nitrogens with zero attached hydrogens (tertiary/aromatic N) is 2. The highest BCUT2D eigenvalue weighted by Gasteiger charge is 2.33. The Balaban J connectivity index is 0.00000363. The van der Waals surface area contributed by atoms with Crippen molar-refractivity contribution in [3.63, 3.8) is 0 Å². The van der Waals surface area contributed by atoms with Gasteiger partial charge >= 0.3 is 0 Å². The maximum absolute atomic E-state index is 5.36. The number of ether oxygens (including phenoxy) is 2. The van der Waals surface area contributed by atoms with Crippen molar-refractivity contribution in [3.05, 3.63) is 29.8 Å². The number of likely N-dealkylation sites (tertiary alicyclic amines) is 1. The molecule has 1 aliphatic heterocycles. The van der Waals surface area contributed by atoms with Crippen molar-refractivity contribution in [2.75, 3.05) is 54.1 Å². The molecule has 1 saturated carbocycles. The summed E-state index contributed by atoms with van der Waals surface area (Å²) in [5, 5.41) is 7.20. The number of rotatable bonds is 10. The second kappa shape index (κ2) is 14.3. The van der Waals surface area contributed by atoms with E-state index in [9.17, 15) is 0 Å². The van der Waals surface area contributed by atoms with E-state index in [0.29, 0.717) is 11.3 Å². The van der Waals surface area contributed by atoms with Gasteiger partial charge in [-0.15, -0.1) is 24.0 Å². The third-order valence-electron chi connectivity index (χ3n) is 7.19. The number of piperidine rings is 1. The first-order chi connectivity index (χ1) is 15.2. The number of aliphatic imine (C=N–C) groups is 1. The Kier molecular flexibility index (Phi) is 12.1. The van der Waals surface area contributed by atoms with E-state index in [1.54, 1.807) is 14.2 Å². The Morgan fingerprint density at radius 3 is 2.38 bits per heavy atom. The first-order valence-electron chi connectivity index (χ1n) is 11.9. The highest BCUT2D eigenvalue weighted by molar-refractivity contribution is 14.0. The molecule has 1 saturated heterocycles. The van der Waals surface area contributed by atoms with Crippen LogP contribution in [0.1, 0.15) is 50.5 Å². The Bertz CT molecular complexity index is 669. The van der Waals surface area contributed by atoms with Crippen LogP contribution >= 0.6 is 24.0 Å². The molecule has 1 aromatic carbocycles. The van der Waals surface area contributed by atoms with Gasteiger partial charge in [0.1, 0.15) is 5.75 Å². The monoisotopic (exact) mass is 558 g/mol. The molecule has 0 unspecified atom stereocenters. The molecule has 32 heavy (non-hydrogen) atoms. The number of guanidine groups is 1. The van der Waals surface area contributed by atoms with Gasteiger partial charge in [-0.1, -0.05) is 25.0 Å². The molecule has 2 N–H and O–H groups in total. The van der Waals surface area contributed by atoms with Crippen LogP contribution in [0.5, 0.6) is 5.75 Å². The van der Waals surface area contributed by atoms with E-state index >= 15 is 0 Å². The molecule has 0 aromatic heterocycles. The zero-order valence-electron chi connectivity index (χ0n) is 20.2. The quantitative estimate of drug-likeness (QED) is 0.255. The number of benzene rings is 1. The lowest BCUT2D eigenvalue weighted by Gasteiger charge is -2.33. The molecule has 0 radical (unpaired) electrons. The van der Waals surface area contributed by atoms with E-state index in [1.807, 2.05) is 7.05 Å². The molecule has 0 bridgehead atoms. The second-order valence-electron chi connectivity index (χ2n) is 9.32. The van der Waals surface area contributed by atoms with Crippen molar-refractivity contribution in [3.8, 4) is 5.75 Å². The molecule has 1 aromatic rings. The maximum atomic E-state index is 5.36. The lowest BCUT2D eigenvalue weighted by molar-refractivity contribution is 0.138. The van der Waals surface area contributed by atoms with Crippen molar-refractivity contribution < 1.29 is 9.47 Å². The van der Waals surface area contributed by atoms with Gasteiger partial charge < -0.3 is 20.1 Å². The van der Waals surface area contributed by atoms with Crippen LogP contribution in [0.3, 0.4) is 0 Å². The summed E-state index contributed by atoms with van der Waals surface area (Å²) in [4.78, 5) is 7.03. The zero-order chi connectivity index (χ0) is 21.9. The van der Waals surface area contributed by atoms with Crippen LogP contribution in [0.4, 0.5) is 0 Å². The van der Waals surface area contributed by atoms with Crippen molar-refractivity contribution in [1.29, 1.82) is 0 Å². The fourth-order valence-electron chi connectivity index (χ4n) is 5.03. The fourth-order valence-corrected chi connectivity index (χ4v) is 5.03. The lowest BCUT2D eigenvalue weighted by Crippen LogP contribution is -2.46. The molecule has 182 valence electrons. The molecule has 7 heteroatoms.